The van der Waals surface area contributed by atoms with E-state index in [4.69, 9.17) is 0 Å². The molecule has 2 aromatic carbocycles. The molecule has 35 heavy (non-hydrogen) atoms. The van der Waals surface area contributed by atoms with Gasteiger partial charge in [0.1, 0.15) is 5.82 Å². The van der Waals surface area contributed by atoms with Crippen LogP contribution in [0.3, 0.4) is 0 Å². The van der Waals surface area contributed by atoms with Crippen LogP contribution in [0.4, 0.5) is 15.1 Å². The summed E-state index contributed by atoms with van der Waals surface area (Å²) in [5.74, 6) is 0.462. The number of halogens is 1. The predicted octanol–water partition coefficient (Wildman–Crippen LogP) is 4.85. The Bertz CT molecular complexity index is 1290. The van der Waals surface area contributed by atoms with E-state index in [1.807, 2.05) is 30.3 Å². The van der Waals surface area contributed by atoms with Crippen LogP contribution in [0.25, 0.3) is 16.8 Å². The van der Waals surface area contributed by atoms with Crippen molar-refractivity contribution in [3.05, 3.63) is 70.6 Å². The number of imide groups is 1. The molecule has 1 aliphatic heterocycles. The summed E-state index contributed by atoms with van der Waals surface area (Å²) in [6, 6.07) is 13.2. The number of thioether (sulfide) groups is 1. The van der Waals surface area contributed by atoms with Crippen molar-refractivity contribution in [2.24, 2.45) is 5.92 Å². The van der Waals surface area contributed by atoms with Crippen molar-refractivity contribution in [1.29, 1.82) is 0 Å². The van der Waals surface area contributed by atoms with E-state index in [-0.39, 0.29) is 11.1 Å². The molecular weight excluding hydrogens is 465 g/mol. The fourth-order valence-electron chi connectivity index (χ4n) is 4.63. The molecule has 1 saturated carbocycles. The van der Waals surface area contributed by atoms with Gasteiger partial charge in [0.2, 0.25) is 5.95 Å². The third-order valence-electron chi connectivity index (χ3n) is 6.54. The van der Waals surface area contributed by atoms with Crippen molar-refractivity contribution in [1.82, 2.24) is 20.6 Å². The first-order valence-corrected chi connectivity index (χ1v) is 12.6. The van der Waals surface area contributed by atoms with E-state index in [1.165, 1.54) is 0 Å². The van der Waals surface area contributed by atoms with Crippen LogP contribution >= 0.6 is 11.8 Å². The van der Waals surface area contributed by atoms with Crippen LogP contribution in [0, 0.1) is 11.7 Å². The van der Waals surface area contributed by atoms with E-state index in [0.717, 1.165) is 61.5 Å². The molecule has 3 N–H and O–H groups in total. The normalized spacial score (nSPS) is 21.5. The standard InChI is InChI=1S/C26H26FN5O2S/c27-22-10-7-17(20-3-1-2-4-21(20)22)15-29-18-8-5-16(6-9-18)14-30-25-28-12-11-19(31-25)13-23-24(33)32-26(34)35-23/h1-4,7,10-13,16,18,29H,5-6,8-9,14-15H2,(H,28,30,31)(H,32,33,34)/b23-13-. The second-order valence-corrected chi connectivity index (χ2v) is 9.90. The molecule has 2 heterocycles. The Labute approximate surface area is 207 Å². The van der Waals surface area contributed by atoms with Gasteiger partial charge in [0.05, 0.1) is 10.6 Å². The van der Waals surface area contributed by atoms with E-state index in [0.29, 0.717) is 33.9 Å². The maximum atomic E-state index is 14.1. The first-order chi connectivity index (χ1) is 17.0. The number of anilines is 1. The summed E-state index contributed by atoms with van der Waals surface area (Å²) in [5, 5.41) is 10.5. The molecule has 7 nitrogen and oxygen atoms in total. The highest BCUT2D eigenvalue weighted by Gasteiger charge is 2.25. The second-order valence-electron chi connectivity index (χ2n) is 8.89. The molecule has 2 aliphatic rings. The molecule has 5 rings (SSSR count). The van der Waals surface area contributed by atoms with Crippen LogP contribution in [0.1, 0.15) is 36.9 Å². The lowest BCUT2D eigenvalue weighted by Crippen LogP contribution is -2.34. The number of hydrogen-bond donors (Lipinski definition) is 3. The third-order valence-corrected chi connectivity index (χ3v) is 7.35. The van der Waals surface area contributed by atoms with Gasteiger partial charge in [-0.05, 0) is 72.5 Å². The first kappa shape index (κ1) is 23.4. The fourth-order valence-corrected chi connectivity index (χ4v) is 5.30. The van der Waals surface area contributed by atoms with Crippen LogP contribution in [0.2, 0.25) is 0 Å². The maximum absolute atomic E-state index is 14.1. The Morgan fingerprint density at radius 1 is 1.06 bits per heavy atom. The van der Waals surface area contributed by atoms with Crippen molar-refractivity contribution in [2.75, 3.05) is 11.9 Å². The van der Waals surface area contributed by atoms with Crippen LogP contribution in [-0.2, 0) is 11.3 Å². The van der Waals surface area contributed by atoms with E-state index >= 15 is 0 Å². The number of nitrogens with one attached hydrogen (secondary N) is 3. The van der Waals surface area contributed by atoms with Gasteiger partial charge in [0.15, 0.2) is 0 Å². The summed E-state index contributed by atoms with van der Waals surface area (Å²) in [4.78, 5) is 32.1. The fraction of sp³-hybridized carbons (Fsp3) is 0.308. The molecule has 180 valence electrons. The Balaban J connectivity index is 1.10. The lowest BCUT2D eigenvalue weighted by molar-refractivity contribution is -0.115. The number of amides is 2. The molecule has 2 fully saturated rings. The maximum Gasteiger partial charge on any atom is 0.290 e. The second kappa shape index (κ2) is 10.5. The Hall–Kier alpha value is -3.30. The highest BCUT2D eigenvalue weighted by Crippen LogP contribution is 2.27. The van der Waals surface area contributed by atoms with Crippen LogP contribution in [-0.4, -0.2) is 33.7 Å². The minimum Gasteiger partial charge on any atom is -0.354 e. The number of hydrogen-bond acceptors (Lipinski definition) is 7. The minimum atomic E-state index is -0.397. The van der Waals surface area contributed by atoms with Gasteiger partial charge >= 0.3 is 0 Å². The van der Waals surface area contributed by atoms with Gasteiger partial charge in [-0.15, -0.1) is 0 Å². The lowest BCUT2D eigenvalue weighted by atomic mass is 9.86. The molecule has 3 aromatic rings. The van der Waals surface area contributed by atoms with Gasteiger partial charge in [-0.25, -0.2) is 14.4 Å². The highest BCUT2D eigenvalue weighted by molar-refractivity contribution is 8.18. The number of benzene rings is 2. The van der Waals surface area contributed by atoms with Crippen LogP contribution in [0.15, 0.2) is 53.6 Å². The van der Waals surface area contributed by atoms with Gasteiger partial charge in [0, 0.05) is 30.7 Å². The summed E-state index contributed by atoms with van der Waals surface area (Å²) in [5.41, 5.74) is 1.70. The Morgan fingerprint density at radius 3 is 2.63 bits per heavy atom. The summed E-state index contributed by atoms with van der Waals surface area (Å²) in [6.07, 6.45) is 7.59. The number of aromatic nitrogens is 2. The minimum absolute atomic E-state index is 0.179. The SMILES string of the molecule is O=C1NC(=O)/C(=C/c2ccnc(NCC3CCC(NCc4ccc(F)c5ccccc45)CC3)n2)S1. The van der Waals surface area contributed by atoms with Gasteiger partial charge in [-0.2, -0.15) is 0 Å². The lowest BCUT2D eigenvalue weighted by Gasteiger charge is -2.29. The monoisotopic (exact) mass is 491 g/mol. The summed E-state index contributed by atoms with van der Waals surface area (Å²) >= 11 is 0.872. The summed E-state index contributed by atoms with van der Waals surface area (Å²) in [6.45, 7) is 1.51. The Morgan fingerprint density at radius 2 is 1.86 bits per heavy atom. The van der Waals surface area contributed by atoms with Crippen molar-refractivity contribution in [2.45, 2.75) is 38.3 Å². The van der Waals surface area contributed by atoms with Gasteiger partial charge in [-0.1, -0.05) is 30.3 Å². The molecule has 0 radical (unpaired) electrons. The number of rotatable bonds is 7. The van der Waals surface area contributed by atoms with E-state index in [2.05, 4.69) is 25.9 Å². The predicted molar refractivity (Wildman–Crippen MR) is 136 cm³/mol. The molecule has 0 unspecified atom stereocenters. The molecule has 1 saturated heterocycles. The third kappa shape index (κ3) is 5.68. The molecule has 0 bridgehead atoms. The highest BCUT2D eigenvalue weighted by atomic mass is 32.2. The number of fused-ring (bicyclic) bond motifs is 1. The van der Waals surface area contributed by atoms with Gasteiger partial charge < -0.3 is 10.6 Å². The molecule has 9 heteroatoms. The first-order valence-electron chi connectivity index (χ1n) is 11.8. The van der Waals surface area contributed by atoms with Gasteiger partial charge in [0.25, 0.3) is 11.1 Å². The van der Waals surface area contributed by atoms with Crippen molar-refractivity contribution in [3.63, 3.8) is 0 Å². The van der Waals surface area contributed by atoms with E-state index in [9.17, 15) is 14.0 Å². The average molecular weight is 492 g/mol. The van der Waals surface area contributed by atoms with E-state index < -0.39 is 5.91 Å². The number of nitrogens with zero attached hydrogens (tertiary/aromatic N) is 2. The largest absolute Gasteiger partial charge is 0.354 e. The summed E-state index contributed by atoms with van der Waals surface area (Å²) < 4.78 is 14.1. The molecule has 0 spiro atoms. The van der Waals surface area contributed by atoms with Gasteiger partial charge in [-0.3, -0.25) is 14.9 Å². The van der Waals surface area contributed by atoms with Crippen LogP contribution < -0.4 is 16.0 Å². The average Bonchev–Trinajstić information content (AvgIpc) is 3.19. The smallest absolute Gasteiger partial charge is 0.290 e. The van der Waals surface area contributed by atoms with Crippen molar-refractivity contribution >= 4 is 45.7 Å². The zero-order valence-corrected chi connectivity index (χ0v) is 19.9. The zero-order chi connectivity index (χ0) is 24.2. The van der Waals surface area contributed by atoms with Crippen molar-refractivity contribution < 1.29 is 14.0 Å². The Kier molecular flexibility index (Phi) is 7.06. The number of carbonyl (C=O) groups excluding carboxylic acids is 2. The summed E-state index contributed by atoms with van der Waals surface area (Å²) in [7, 11) is 0. The molecule has 1 aliphatic carbocycles. The topological polar surface area (TPSA) is 96.0 Å². The molecule has 2 amide bonds. The molecular formula is C26H26FN5O2S. The quantitative estimate of drug-likeness (QED) is 0.407. The van der Waals surface area contributed by atoms with E-state index in [1.54, 1.807) is 24.4 Å². The molecule has 1 aromatic heterocycles. The van der Waals surface area contributed by atoms with Crippen molar-refractivity contribution in [3.8, 4) is 0 Å². The zero-order valence-electron chi connectivity index (χ0n) is 19.1. The molecule has 0 atom stereocenters. The van der Waals surface area contributed by atoms with Crippen LogP contribution in [0.5, 0.6) is 0 Å². The number of carbonyl (C=O) groups is 2.